The molecule has 0 bridgehead atoms. The number of hydrogen-bond donors (Lipinski definition) is 0. The molecule has 0 unspecified atom stereocenters. The molecule has 0 aliphatic carbocycles. The highest BCUT2D eigenvalue weighted by Gasteiger charge is 2.06. The third-order valence-corrected chi connectivity index (χ3v) is 3.60. The molecule has 1 heterocycles. The van der Waals surface area contributed by atoms with Gasteiger partial charge in [-0.3, -0.25) is 0 Å². The average Bonchev–Trinajstić information content (AvgIpc) is 2.71. The smallest absolute Gasteiger partial charge is 0.106 e. The molecule has 3 nitrogen and oxygen atoms in total. The Labute approximate surface area is 109 Å². The molecule has 1 aromatic carbocycles. The Balaban J connectivity index is 2.05. The SMILES string of the molecule is CCN(CC)CCCn1c(C)nc2ccccc21. The molecular weight excluding hydrogens is 222 g/mol. The Morgan fingerprint density at radius 1 is 1.17 bits per heavy atom. The van der Waals surface area contributed by atoms with Crippen molar-refractivity contribution in [3.8, 4) is 0 Å². The number of hydrogen-bond acceptors (Lipinski definition) is 2. The normalized spacial score (nSPS) is 11.6. The molecule has 0 fully saturated rings. The Morgan fingerprint density at radius 2 is 1.89 bits per heavy atom. The first-order valence-corrected chi connectivity index (χ1v) is 6.90. The van der Waals surface area contributed by atoms with Crippen molar-refractivity contribution < 1.29 is 0 Å². The van der Waals surface area contributed by atoms with E-state index in [0.29, 0.717) is 0 Å². The van der Waals surface area contributed by atoms with Gasteiger partial charge in [-0.05, 0) is 45.1 Å². The van der Waals surface area contributed by atoms with Crippen LogP contribution in [0.2, 0.25) is 0 Å². The summed E-state index contributed by atoms with van der Waals surface area (Å²) in [6.45, 7) is 11.0. The number of benzene rings is 1. The summed E-state index contributed by atoms with van der Waals surface area (Å²) in [7, 11) is 0. The van der Waals surface area contributed by atoms with Gasteiger partial charge in [0.25, 0.3) is 0 Å². The van der Waals surface area contributed by atoms with Crippen molar-refractivity contribution >= 4 is 11.0 Å². The van der Waals surface area contributed by atoms with Crippen LogP contribution in [0.25, 0.3) is 11.0 Å². The summed E-state index contributed by atoms with van der Waals surface area (Å²) in [6.07, 6.45) is 1.18. The van der Waals surface area contributed by atoms with Crippen LogP contribution in [-0.4, -0.2) is 34.1 Å². The molecular formula is C15H23N3. The maximum atomic E-state index is 4.60. The Kier molecular flexibility index (Phi) is 4.37. The summed E-state index contributed by atoms with van der Waals surface area (Å²) in [5.74, 6) is 1.12. The van der Waals surface area contributed by atoms with E-state index in [0.717, 1.165) is 31.0 Å². The second-order valence-electron chi connectivity index (χ2n) is 4.68. The first-order chi connectivity index (χ1) is 8.76. The van der Waals surface area contributed by atoms with Gasteiger partial charge >= 0.3 is 0 Å². The van der Waals surface area contributed by atoms with Crippen molar-refractivity contribution in [2.75, 3.05) is 19.6 Å². The number of fused-ring (bicyclic) bond motifs is 1. The zero-order chi connectivity index (χ0) is 13.0. The van der Waals surface area contributed by atoms with E-state index < -0.39 is 0 Å². The number of nitrogens with zero attached hydrogens (tertiary/aromatic N) is 3. The summed E-state index contributed by atoms with van der Waals surface area (Å²) in [5, 5.41) is 0. The fraction of sp³-hybridized carbons (Fsp3) is 0.533. The van der Waals surface area contributed by atoms with E-state index in [9.17, 15) is 0 Å². The predicted molar refractivity (Wildman–Crippen MR) is 76.9 cm³/mol. The molecule has 0 radical (unpaired) electrons. The van der Waals surface area contributed by atoms with Crippen LogP contribution in [0.1, 0.15) is 26.1 Å². The third kappa shape index (κ3) is 2.72. The van der Waals surface area contributed by atoms with Gasteiger partial charge in [-0.15, -0.1) is 0 Å². The van der Waals surface area contributed by atoms with Crippen molar-refractivity contribution in [1.29, 1.82) is 0 Å². The van der Waals surface area contributed by atoms with E-state index >= 15 is 0 Å². The van der Waals surface area contributed by atoms with Gasteiger partial charge in [0.05, 0.1) is 11.0 Å². The number of rotatable bonds is 6. The van der Waals surface area contributed by atoms with Crippen molar-refractivity contribution in [1.82, 2.24) is 14.5 Å². The number of para-hydroxylation sites is 2. The second kappa shape index (κ2) is 6.01. The fourth-order valence-electron chi connectivity index (χ4n) is 2.47. The molecule has 2 rings (SSSR count). The van der Waals surface area contributed by atoms with Gasteiger partial charge in [-0.25, -0.2) is 4.98 Å². The molecule has 0 atom stereocenters. The lowest BCUT2D eigenvalue weighted by atomic mass is 10.3. The molecule has 1 aromatic heterocycles. The largest absolute Gasteiger partial charge is 0.328 e. The molecule has 0 saturated heterocycles. The molecule has 18 heavy (non-hydrogen) atoms. The van der Waals surface area contributed by atoms with Gasteiger partial charge < -0.3 is 9.47 Å². The van der Waals surface area contributed by atoms with Crippen molar-refractivity contribution in [3.05, 3.63) is 30.1 Å². The van der Waals surface area contributed by atoms with E-state index in [1.165, 1.54) is 18.5 Å². The van der Waals surface area contributed by atoms with Crippen LogP contribution in [0.5, 0.6) is 0 Å². The van der Waals surface area contributed by atoms with E-state index in [-0.39, 0.29) is 0 Å². The molecule has 2 aromatic rings. The van der Waals surface area contributed by atoms with Crippen molar-refractivity contribution in [2.24, 2.45) is 0 Å². The monoisotopic (exact) mass is 245 g/mol. The van der Waals surface area contributed by atoms with Crippen LogP contribution in [-0.2, 0) is 6.54 Å². The Bertz CT molecular complexity index is 497. The highest BCUT2D eigenvalue weighted by Crippen LogP contribution is 2.15. The lowest BCUT2D eigenvalue weighted by Gasteiger charge is -2.18. The number of imidazole rings is 1. The van der Waals surface area contributed by atoms with E-state index in [2.05, 4.69) is 59.5 Å². The van der Waals surface area contributed by atoms with Gasteiger partial charge in [-0.2, -0.15) is 0 Å². The zero-order valence-corrected chi connectivity index (χ0v) is 11.7. The molecule has 0 N–H and O–H groups in total. The Hall–Kier alpha value is -1.35. The van der Waals surface area contributed by atoms with Crippen LogP contribution in [0.15, 0.2) is 24.3 Å². The van der Waals surface area contributed by atoms with Crippen LogP contribution >= 0.6 is 0 Å². The van der Waals surface area contributed by atoms with Crippen LogP contribution in [0, 0.1) is 6.92 Å². The minimum absolute atomic E-state index is 1.06. The van der Waals surface area contributed by atoms with E-state index in [1.54, 1.807) is 0 Å². The maximum absolute atomic E-state index is 4.60. The highest BCUT2D eigenvalue weighted by molar-refractivity contribution is 5.75. The van der Waals surface area contributed by atoms with Crippen LogP contribution < -0.4 is 0 Å². The average molecular weight is 245 g/mol. The van der Waals surface area contributed by atoms with Gasteiger partial charge in [0.1, 0.15) is 5.82 Å². The maximum Gasteiger partial charge on any atom is 0.106 e. The Morgan fingerprint density at radius 3 is 2.61 bits per heavy atom. The summed E-state index contributed by atoms with van der Waals surface area (Å²) in [5.41, 5.74) is 2.37. The summed E-state index contributed by atoms with van der Waals surface area (Å²) < 4.78 is 2.33. The molecule has 0 saturated carbocycles. The lowest BCUT2D eigenvalue weighted by Crippen LogP contribution is -2.24. The molecule has 0 spiro atoms. The lowest BCUT2D eigenvalue weighted by molar-refractivity contribution is 0.293. The summed E-state index contributed by atoms with van der Waals surface area (Å²) in [4.78, 5) is 7.07. The van der Waals surface area contributed by atoms with Crippen LogP contribution in [0.4, 0.5) is 0 Å². The first kappa shape index (κ1) is 13.1. The molecule has 0 aliphatic heterocycles. The minimum Gasteiger partial charge on any atom is -0.328 e. The fourth-order valence-corrected chi connectivity index (χ4v) is 2.47. The standard InChI is InChI=1S/C15H23N3/c1-4-17(5-2)11-8-12-18-13(3)16-14-9-6-7-10-15(14)18/h6-7,9-10H,4-5,8,11-12H2,1-3H3. The number of aryl methyl sites for hydroxylation is 2. The minimum atomic E-state index is 1.06. The third-order valence-electron chi connectivity index (χ3n) is 3.60. The van der Waals surface area contributed by atoms with Crippen molar-refractivity contribution in [2.45, 2.75) is 33.7 Å². The van der Waals surface area contributed by atoms with Crippen LogP contribution in [0.3, 0.4) is 0 Å². The zero-order valence-electron chi connectivity index (χ0n) is 11.7. The van der Waals surface area contributed by atoms with E-state index in [4.69, 9.17) is 0 Å². The topological polar surface area (TPSA) is 21.1 Å². The van der Waals surface area contributed by atoms with Gasteiger partial charge in [0, 0.05) is 6.54 Å². The first-order valence-electron chi connectivity index (χ1n) is 6.90. The quantitative estimate of drug-likeness (QED) is 0.780. The highest BCUT2D eigenvalue weighted by atomic mass is 15.1. The van der Waals surface area contributed by atoms with E-state index in [1.807, 2.05) is 0 Å². The molecule has 0 amide bonds. The van der Waals surface area contributed by atoms with Crippen molar-refractivity contribution in [3.63, 3.8) is 0 Å². The summed E-state index contributed by atoms with van der Waals surface area (Å²) in [6, 6.07) is 8.38. The molecule has 0 aliphatic rings. The van der Waals surface area contributed by atoms with Gasteiger partial charge in [-0.1, -0.05) is 26.0 Å². The number of aromatic nitrogens is 2. The van der Waals surface area contributed by atoms with Gasteiger partial charge in [0.2, 0.25) is 0 Å². The second-order valence-corrected chi connectivity index (χ2v) is 4.68. The van der Waals surface area contributed by atoms with Gasteiger partial charge in [0.15, 0.2) is 0 Å². The molecule has 98 valence electrons. The molecule has 3 heteroatoms. The predicted octanol–water partition coefficient (Wildman–Crippen LogP) is 3.08. The summed E-state index contributed by atoms with van der Waals surface area (Å²) >= 11 is 0.